The molecule has 6 nitrogen and oxygen atoms in total. The number of rotatable bonds is 70. The van der Waals surface area contributed by atoms with Crippen LogP contribution in [-0.2, 0) is 14.3 Å². The summed E-state index contributed by atoms with van der Waals surface area (Å²) in [5.74, 6) is -0.00879. The van der Waals surface area contributed by atoms with Gasteiger partial charge in [-0.05, 0) is 51.4 Å². The van der Waals surface area contributed by atoms with Crippen molar-refractivity contribution < 1.29 is 24.5 Å². The van der Waals surface area contributed by atoms with Crippen molar-refractivity contribution in [2.75, 3.05) is 13.2 Å². The van der Waals surface area contributed by atoms with Gasteiger partial charge in [-0.1, -0.05) is 373 Å². The number of allylic oxidation sites excluding steroid dienone is 2. The Hall–Kier alpha value is -1.40. The van der Waals surface area contributed by atoms with E-state index in [1.54, 1.807) is 0 Å². The monoisotopic (exact) mass is 1130 g/mol. The molecule has 0 aromatic heterocycles. The van der Waals surface area contributed by atoms with Crippen molar-refractivity contribution in [2.24, 2.45) is 0 Å². The van der Waals surface area contributed by atoms with Crippen LogP contribution in [0.2, 0.25) is 0 Å². The molecule has 0 bridgehead atoms. The zero-order valence-corrected chi connectivity index (χ0v) is 54.6. The average molecular weight is 1130 g/mol. The standard InChI is InChI=1S/C74H145NO5/c1-3-5-7-9-11-13-15-17-19-35-40-44-48-52-56-60-64-68-74(79)80-69-65-61-57-53-49-45-41-37-34-32-30-28-26-24-22-20-21-23-25-27-29-31-33-36-39-43-47-51-55-59-63-67-73(78)75-71(70-76)72(77)66-62-58-54-50-46-42-38-18-16-14-12-10-8-6-4-2/h17,19,71-72,76-77H,3-16,18,20-70H2,1-2H3,(H,75,78)/b19-17-. The Bertz CT molecular complexity index is 1210. The molecule has 80 heavy (non-hydrogen) atoms. The minimum absolute atomic E-state index is 0.0184. The number of carbonyl (C=O) groups is 2. The molecule has 0 aliphatic heterocycles. The molecule has 0 aromatic carbocycles. The zero-order valence-electron chi connectivity index (χ0n) is 54.6. The van der Waals surface area contributed by atoms with Crippen LogP contribution in [0, 0.1) is 0 Å². The highest BCUT2D eigenvalue weighted by atomic mass is 16.5. The molecule has 2 unspecified atom stereocenters. The van der Waals surface area contributed by atoms with E-state index >= 15 is 0 Å². The number of esters is 1. The lowest BCUT2D eigenvalue weighted by Crippen LogP contribution is -2.45. The molecule has 6 heteroatoms. The first-order chi connectivity index (χ1) is 39.5. The van der Waals surface area contributed by atoms with Gasteiger partial charge in [0.25, 0.3) is 0 Å². The predicted octanol–water partition coefficient (Wildman–Crippen LogP) is 23.9. The summed E-state index contributed by atoms with van der Waals surface area (Å²) in [6, 6.07) is -0.537. The molecule has 0 fully saturated rings. The maximum Gasteiger partial charge on any atom is 0.305 e. The molecule has 0 aliphatic carbocycles. The van der Waals surface area contributed by atoms with Crippen LogP contribution < -0.4 is 5.32 Å². The molecular formula is C74H145NO5. The van der Waals surface area contributed by atoms with Crippen LogP contribution in [0.5, 0.6) is 0 Å². The molecule has 2 atom stereocenters. The van der Waals surface area contributed by atoms with Crippen LogP contribution in [-0.4, -0.2) is 47.4 Å². The molecule has 0 spiro atoms. The summed E-state index contributed by atoms with van der Waals surface area (Å²) in [4.78, 5) is 24.6. The fraction of sp³-hybridized carbons (Fsp3) is 0.946. The van der Waals surface area contributed by atoms with Gasteiger partial charge in [0.05, 0.1) is 25.4 Å². The smallest absolute Gasteiger partial charge is 0.305 e. The number of ether oxygens (including phenoxy) is 1. The minimum atomic E-state index is -0.660. The molecule has 0 rings (SSSR count). The number of unbranched alkanes of at least 4 members (excludes halogenated alkanes) is 57. The van der Waals surface area contributed by atoms with Crippen LogP contribution in [0.1, 0.15) is 425 Å². The van der Waals surface area contributed by atoms with Crippen LogP contribution in [0.4, 0.5) is 0 Å². The molecule has 0 heterocycles. The first-order valence-corrected chi connectivity index (χ1v) is 36.9. The summed E-state index contributed by atoms with van der Waals surface area (Å²) in [5.41, 5.74) is 0. The second-order valence-corrected chi connectivity index (χ2v) is 25.6. The number of carbonyl (C=O) groups excluding carboxylic acids is 2. The normalized spacial score (nSPS) is 12.5. The summed E-state index contributed by atoms with van der Waals surface area (Å²) in [6.07, 6.45) is 87.1. The maximum atomic E-state index is 12.5. The number of hydrogen-bond donors (Lipinski definition) is 3. The van der Waals surface area contributed by atoms with Gasteiger partial charge in [-0.25, -0.2) is 0 Å². The lowest BCUT2D eigenvalue weighted by molar-refractivity contribution is -0.143. The Balaban J connectivity index is 3.31. The van der Waals surface area contributed by atoms with E-state index in [4.69, 9.17) is 4.74 Å². The lowest BCUT2D eigenvalue weighted by atomic mass is 10.0. The molecule has 0 aliphatic rings. The molecule has 476 valence electrons. The lowest BCUT2D eigenvalue weighted by Gasteiger charge is -2.22. The molecule has 3 N–H and O–H groups in total. The van der Waals surface area contributed by atoms with Gasteiger partial charge in [-0.2, -0.15) is 0 Å². The first-order valence-electron chi connectivity index (χ1n) is 36.9. The number of aliphatic hydroxyl groups excluding tert-OH is 2. The third-order valence-corrected chi connectivity index (χ3v) is 17.6. The van der Waals surface area contributed by atoms with E-state index < -0.39 is 12.1 Å². The Morgan fingerprint density at radius 1 is 0.338 bits per heavy atom. The summed E-state index contributed by atoms with van der Waals surface area (Å²) in [6.45, 7) is 4.99. The van der Waals surface area contributed by atoms with Gasteiger partial charge in [-0.15, -0.1) is 0 Å². The molecular weight excluding hydrogens is 983 g/mol. The van der Waals surface area contributed by atoms with Gasteiger partial charge in [0.15, 0.2) is 0 Å². The van der Waals surface area contributed by atoms with E-state index in [9.17, 15) is 19.8 Å². The van der Waals surface area contributed by atoms with Gasteiger partial charge in [0.2, 0.25) is 5.91 Å². The van der Waals surface area contributed by atoms with Crippen molar-refractivity contribution in [3.8, 4) is 0 Å². The minimum Gasteiger partial charge on any atom is -0.466 e. The fourth-order valence-corrected chi connectivity index (χ4v) is 11.9. The highest BCUT2D eigenvalue weighted by Gasteiger charge is 2.20. The second-order valence-electron chi connectivity index (χ2n) is 25.6. The molecule has 0 saturated carbocycles. The number of aliphatic hydroxyl groups is 2. The van der Waals surface area contributed by atoms with E-state index in [-0.39, 0.29) is 18.5 Å². The van der Waals surface area contributed by atoms with Crippen molar-refractivity contribution in [1.82, 2.24) is 5.32 Å². The average Bonchev–Trinajstić information content (AvgIpc) is 3.46. The van der Waals surface area contributed by atoms with Gasteiger partial charge >= 0.3 is 5.97 Å². The van der Waals surface area contributed by atoms with Crippen LogP contribution >= 0.6 is 0 Å². The predicted molar refractivity (Wildman–Crippen MR) is 352 cm³/mol. The third kappa shape index (κ3) is 65.7. The molecule has 0 aromatic rings. The van der Waals surface area contributed by atoms with Crippen molar-refractivity contribution in [2.45, 2.75) is 437 Å². The van der Waals surface area contributed by atoms with Gasteiger partial charge < -0.3 is 20.3 Å². The zero-order chi connectivity index (χ0) is 57.8. The largest absolute Gasteiger partial charge is 0.466 e. The van der Waals surface area contributed by atoms with Crippen LogP contribution in [0.25, 0.3) is 0 Å². The first kappa shape index (κ1) is 78.6. The van der Waals surface area contributed by atoms with Gasteiger partial charge in [0.1, 0.15) is 0 Å². The summed E-state index contributed by atoms with van der Waals surface area (Å²) >= 11 is 0. The SMILES string of the molecule is CCCCCCCC/C=C\CCCCCCCCCC(=O)OCCCCCCCCCCCCCCCCCCCCCCCCCCCCCCCCCC(=O)NC(CO)C(O)CCCCCCCCCCCCCCCCC. The Morgan fingerprint density at radius 2 is 0.588 bits per heavy atom. The maximum absolute atomic E-state index is 12.5. The Labute approximate surface area is 501 Å². The van der Waals surface area contributed by atoms with E-state index in [2.05, 4.69) is 31.3 Å². The van der Waals surface area contributed by atoms with Crippen LogP contribution in [0.3, 0.4) is 0 Å². The van der Waals surface area contributed by atoms with Crippen molar-refractivity contribution in [3.05, 3.63) is 12.2 Å². The van der Waals surface area contributed by atoms with E-state index in [1.165, 1.54) is 347 Å². The Morgan fingerprint density at radius 3 is 0.887 bits per heavy atom. The van der Waals surface area contributed by atoms with E-state index in [1.807, 2.05) is 0 Å². The Kier molecular flexibility index (Phi) is 68.9. The summed E-state index contributed by atoms with van der Waals surface area (Å²) in [5, 5.41) is 23.3. The topological polar surface area (TPSA) is 95.9 Å². The third-order valence-electron chi connectivity index (χ3n) is 17.6. The van der Waals surface area contributed by atoms with E-state index in [0.29, 0.717) is 25.9 Å². The number of hydrogen-bond acceptors (Lipinski definition) is 5. The highest BCUT2D eigenvalue weighted by Crippen LogP contribution is 2.20. The second kappa shape index (κ2) is 70.1. The molecule has 0 radical (unpaired) electrons. The van der Waals surface area contributed by atoms with Crippen molar-refractivity contribution in [1.29, 1.82) is 0 Å². The number of nitrogens with one attached hydrogen (secondary N) is 1. The molecule has 0 saturated heterocycles. The van der Waals surface area contributed by atoms with Gasteiger partial charge in [0, 0.05) is 12.8 Å². The quantitative estimate of drug-likeness (QED) is 0.0320. The van der Waals surface area contributed by atoms with Crippen LogP contribution in [0.15, 0.2) is 12.2 Å². The van der Waals surface area contributed by atoms with Gasteiger partial charge in [-0.3, -0.25) is 9.59 Å². The number of amides is 1. The highest BCUT2D eigenvalue weighted by molar-refractivity contribution is 5.76. The fourth-order valence-electron chi connectivity index (χ4n) is 11.9. The summed E-state index contributed by atoms with van der Waals surface area (Å²) in [7, 11) is 0. The van der Waals surface area contributed by atoms with Crippen molar-refractivity contribution in [3.63, 3.8) is 0 Å². The van der Waals surface area contributed by atoms with E-state index in [0.717, 1.165) is 44.9 Å². The molecule has 1 amide bonds. The van der Waals surface area contributed by atoms with Crippen molar-refractivity contribution >= 4 is 11.9 Å². The summed E-state index contributed by atoms with van der Waals surface area (Å²) < 4.78 is 5.51.